The van der Waals surface area contributed by atoms with Crippen LogP contribution in [0, 0.1) is 6.92 Å². The standard InChI is InChI=1S/C15H15NO.2C2H5.Al/c1-12-6-5-7-13-10-16(11-17-15(12)13)14-8-3-2-4-9-14;2*1-2;/h2-9H,10-11H2,1H3;2*1H2,2H3;/q;;;+1. The molecular weight excluding hydrogens is 285 g/mol. The average molecular weight is 310 g/mol. The zero-order valence-corrected chi connectivity index (χ0v) is 15.0. The minimum atomic E-state index is 0.627. The van der Waals surface area contributed by atoms with Crippen molar-refractivity contribution in [2.24, 2.45) is 0 Å². The molecule has 114 valence electrons. The summed E-state index contributed by atoms with van der Waals surface area (Å²) in [5, 5.41) is 2.85. The first kappa shape index (κ1) is 16.9. The normalized spacial score (nSPS) is 12.4. The van der Waals surface area contributed by atoms with Crippen LogP contribution >= 0.6 is 0 Å². The summed E-state index contributed by atoms with van der Waals surface area (Å²) in [6.07, 6.45) is 0. The fourth-order valence-electron chi connectivity index (χ4n) is 2.53. The number of anilines is 1. The Labute approximate surface area is 140 Å². The van der Waals surface area contributed by atoms with Crippen LogP contribution in [-0.4, -0.2) is 22.0 Å². The van der Waals surface area contributed by atoms with Gasteiger partial charge in [0.1, 0.15) is 5.75 Å². The van der Waals surface area contributed by atoms with E-state index in [1.807, 2.05) is 6.07 Å². The van der Waals surface area contributed by atoms with Gasteiger partial charge in [0.2, 0.25) is 0 Å². The second-order valence-corrected chi connectivity index (χ2v) is 7.69. The van der Waals surface area contributed by atoms with Crippen molar-refractivity contribution in [3.63, 3.8) is 0 Å². The van der Waals surface area contributed by atoms with Gasteiger partial charge in [-0.3, -0.25) is 0 Å². The summed E-state index contributed by atoms with van der Waals surface area (Å²) < 4.78 is 5.85. The maximum Gasteiger partial charge on any atom is 0.161 e. The summed E-state index contributed by atoms with van der Waals surface area (Å²) in [4.78, 5) is 2.24. The first-order chi connectivity index (χ1) is 10.8. The SMILES string of the molecule is C[CH2][Al+][CH2]C.Cc1cccc2c1OCN(c1ccccc1)C2. The molecule has 1 heterocycles. The Morgan fingerprint density at radius 2 is 1.73 bits per heavy atom. The van der Waals surface area contributed by atoms with Gasteiger partial charge < -0.3 is 9.64 Å². The zero-order valence-electron chi connectivity index (χ0n) is 13.9. The number of nitrogens with zero attached hydrogens (tertiary/aromatic N) is 1. The summed E-state index contributed by atoms with van der Waals surface area (Å²) in [6.45, 7) is 8.14. The summed E-state index contributed by atoms with van der Waals surface area (Å²) in [6, 6.07) is 16.7. The summed E-state index contributed by atoms with van der Waals surface area (Å²) in [5.41, 5.74) is 3.69. The van der Waals surface area contributed by atoms with E-state index in [1.165, 1.54) is 27.4 Å². The number of rotatable bonds is 3. The van der Waals surface area contributed by atoms with Gasteiger partial charge in [-0.1, -0.05) is 36.4 Å². The first-order valence-corrected chi connectivity index (χ1v) is 9.72. The Balaban J connectivity index is 0.000000309. The van der Waals surface area contributed by atoms with Gasteiger partial charge in [0.05, 0.1) is 0 Å². The smallest absolute Gasteiger partial charge is 0.161 e. The van der Waals surface area contributed by atoms with Crippen molar-refractivity contribution in [3.8, 4) is 5.75 Å². The van der Waals surface area contributed by atoms with Crippen molar-refractivity contribution in [2.75, 3.05) is 11.6 Å². The molecule has 3 rings (SSSR count). The third-order valence-electron chi connectivity index (χ3n) is 3.72. The predicted molar refractivity (Wildman–Crippen MR) is 96.0 cm³/mol. The average Bonchev–Trinajstić information content (AvgIpc) is 2.57. The molecule has 2 aromatic carbocycles. The van der Waals surface area contributed by atoms with Gasteiger partial charge in [-0.05, 0) is 24.6 Å². The molecule has 1 aliphatic rings. The van der Waals surface area contributed by atoms with Crippen LogP contribution in [0.5, 0.6) is 5.75 Å². The topological polar surface area (TPSA) is 12.5 Å². The van der Waals surface area contributed by atoms with E-state index in [0.717, 1.165) is 27.5 Å². The molecule has 2 aromatic rings. The van der Waals surface area contributed by atoms with Crippen LogP contribution in [0.4, 0.5) is 5.69 Å². The van der Waals surface area contributed by atoms with E-state index in [2.05, 4.69) is 68.1 Å². The van der Waals surface area contributed by atoms with E-state index >= 15 is 0 Å². The molecule has 0 spiro atoms. The summed E-state index contributed by atoms with van der Waals surface area (Å²) in [5.74, 6) is 1.06. The second kappa shape index (κ2) is 8.88. The molecule has 22 heavy (non-hydrogen) atoms. The van der Waals surface area contributed by atoms with E-state index in [9.17, 15) is 0 Å². The molecule has 3 heteroatoms. The Kier molecular flexibility index (Phi) is 6.84. The molecule has 0 N–H and O–H groups in total. The minimum Gasteiger partial charge on any atom is -0.472 e. The predicted octanol–water partition coefficient (Wildman–Crippen LogP) is 4.92. The van der Waals surface area contributed by atoms with Crippen molar-refractivity contribution in [2.45, 2.75) is 37.9 Å². The van der Waals surface area contributed by atoms with Gasteiger partial charge in [0.15, 0.2) is 6.73 Å². The van der Waals surface area contributed by atoms with Crippen molar-refractivity contribution in [3.05, 3.63) is 59.7 Å². The molecule has 0 fully saturated rings. The first-order valence-electron chi connectivity index (χ1n) is 8.09. The molecule has 0 radical (unpaired) electrons. The molecule has 0 saturated heterocycles. The quantitative estimate of drug-likeness (QED) is 0.746. The number of hydrogen-bond donors (Lipinski definition) is 0. The van der Waals surface area contributed by atoms with Gasteiger partial charge in [-0.25, -0.2) is 0 Å². The van der Waals surface area contributed by atoms with Crippen molar-refractivity contribution in [1.82, 2.24) is 0 Å². The van der Waals surface area contributed by atoms with E-state index in [1.54, 1.807) is 0 Å². The molecule has 2 nitrogen and oxygen atoms in total. The van der Waals surface area contributed by atoms with Gasteiger partial charge in [-0.15, -0.1) is 0 Å². The zero-order chi connectivity index (χ0) is 15.8. The van der Waals surface area contributed by atoms with Crippen molar-refractivity contribution < 1.29 is 4.74 Å². The fraction of sp³-hybridized carbons (Fsp3) is 0.368. The van der Waals surface area contributed by atoms with Crippen LogP contribution in [0.2, 0.25) is 10.6 Å². The molecule has 0 aliphatic carbocycles. The molecule has 0 atom stereocenters. The van der Waals surface area contributed by atoms with Crippen LogP contribution in [0.15, 0.2) is 48.5 Å². The maximum atomic E-state index is 5.85. The summed E-state index contributed by atoms with van der Waals surface area (Å²) in [7, 11) is 0. The Bertz CT molecular complexity index is 569. The van der Waals surface area contributed by atoms with Gasteiger partial charge in [0, 0.05) is 17.8 Å². The summed E-state index contributed by atoms with van der Waals surface area (Å²) >= 11 is 0.815. The molecule has 0 amide bonds. The van der Waals surface area contributed by atoms with Crippen LogP contribution < -0.4 is 9.64 Å². The molecule has 1 aliphatic heterocycles. The van der Waals surface area contributed by atoms with E-state index in [4.69, 9.17) is 4.74 Å². The fourth-order valence-corrected chi connectivity index (χ4v) is 3.11. The Hall–Kier alpha value is -1.43. The van der Waals surface area contributed by atoms with Crippen LogP contribution in [-0.2, 0) is 6.54 Å². The third-order valence-corrected chi connectivity index (χ3v) is 4.87. The Morgan fingerprint density at radius 3 is 2.36 bits per heavy atom. The number of fused-ring (bicyclic) bond motifs is 1. The largest absolute Gasteiger partial charge is 0.472 e. The Morgan fingerprint density at radius 1 is 1.00 bits per heavy atom. The van der Waals surface area contributed by atoms with E-state index in [-0.39, 0.29) is 0 Å². The van der Waals surface area contributed by atoms with E-state index < -0.39 is 0 Å². The van der Waals surface area contributed by atoms with Crippen molar-refractivity contribution in [1.29, 1.82) is 0 Å². The molecule has 0 unspecified atom stereocenters. The number of ether oxygens (including phenoxy) is 1. The van der Waals surface area contributed by atoms with Crippen LogP contribution in [0.1, 0.15) is 25.0 Å². The van der Waals surface area contributed by atoms with Gasteiger partial charge >= 0.3 is 39.6 Å². The maximum absolute atomic E-state index is 5.85. The monoisotopic (exact) mass is 310 g/mol. The number of aryl methyl sites for hydroxylation is 1. The second-order valence-electron chi connectivity index (χ2n) is 5.48. The van der Waals surface area contributed by atoms with Crippen molar-refractivity contribution >= 4 is 20.9 Å². The molecule has 0 aromatic heterocycles. The minimum absolute atomic E-state index is 0.627. The number of para-hydroxylation sites is 2. The number of hydrogen-bond acceptors (Lipinski definition) is 2. The molecular formula is C19H25AlNO+. The van der Waals surface area contributed by atoms with E-state index in [0.29, 0.717) is 6.73 Å². The van der Waals surface area contributed by atoms with Crippen LogP contribution in [0.3, 0.4) is 0 Å². The third kappa shape index (κ3) is 4.53. The van der Waals surface area contributed by atoms with Gasteiger partial charge in [-0.2, -0.15) is 0 Å². The molecule has 0 bridgehead atoms. The molecule has 0 saturated carbocycles. The number of benzene rings is 2. The van der Waals surface area contributed by atoms with Crippen LogP contribution in [0.25, 0.3) is 0 Å². The van der Waals surface area contributed by atoms with Gasteiger partial charge in [0.25, 0.3) is 0 Å².